The second kappa shape index (κ2) is 24.7. The number of carbonyl (C=O) groups is 1. The van der Waals surface area contributed by atoms with Crippen LogP contribution in [-0.2, 0) is 4.79 Å². The first-order chi connectivity index (χ1) is 26.0. The van der Waals surface area contributed by atoms with Crippen molar-refractivity contribution in [2.75, 3.05) is 20.1 Å². The number of fused-ring (bicyclic) bond motifs is 1. The van der Waals surface area contributed by atoms with Crippen LogP contribution in [-0.4, -0.2) is 61.3 Å². The summed E-state index contributed by atoms with van der Waals surface area (Å²) >= 11 is 0. The van der Waals surface area contributed by atoms with E-state index in [4.69, 9.17) is 6.58 Å². The van der Waals surface area contributed by atoms with Crippen LogP contribution in [0.4, 0.5) is 13.2 Å². The molecule has 6 nitrogen and oxygen atoms in total. The van der Waals surface area contributed by atoms with Crippen molar-refractivity contribution in [2.45, 2.75) is 171 Å². The topological polar surface area (TPSA) is 68.4 Å². The van der Waals surface area contributed by atoms with Gasteiger partial charge < -0.3 is 26.2 Å². The van der Waals surface area contributed by atoms with E-state index >= 15 is 0 Å². The third-order valence-electron chi connectivity index (χ3n) is 11.3. The molecule has 2 aliphatic carbocycles. The molecule has 1 aliphatic heterocycles. The number of likely N-dealkylation sites (N-methyl/N-ethyl adjacent to an activating group) is 1. The van der Waals surface area contributed by atoms with Gasteiger partial charge in [0.2, 0.25) is 5.91 Å². The summed E-state index contributed by atoms with van der Waals surface area (Å²) < 4.78 is 36.1. The highest BCUT2D eigenvalue weighted by atomic mass is 19.4. The third-order valence-corrected chi connectivity index (χ3v) is 11.3. The van der Waals surface area contributed by atoms with Crippen molar-refractivity contribution in [3.05, 3.63) is 73.8 Å². The van der Waals surface area contributed by atoms with Gasteiger partial charge in [-0.1, -0.05) is 132 Å². The smallest absolute Gasteiger partial charge is 0.369 e. The summed E-state index contributed by atoms with van der Waals surface area (Å²) in [7, 11) is 1.49. The van der Waals surface area contributed by atoms with Crippen LogP contribution in [0.25, 0.3) is 0 Å². The van der Waals surface area contributed by atoms with Gasteiger partial charge in [0.15, 0.2) is 0 Å². The molecule has 2 saturated carbocycles. The summed E-state index contributed by atoms with van der Waals surface area (Å²) in [5, 5.41) is 12.7. The highest BCUT2D eigenvalue weighted by molar-refractivity contribution is 5.94. The number of nitrogens with one attached hydrogen (secondary N) is 4. The second-order valence-electron chi connectivity index (χ2n) is 17.7. The van der Waals surface area contributed by atoms with Gasteiger partial charge in [-0.15, -0.1) is 13.2 Å². The summed E-state index contributed by atoms with van der Waals surface area (Å²) in [6, 6.07) is 0.304. The first kappa shape index (κ1) is 53.1. The highest BCUT2D eigenvalue weighted by Gasteiger charge is 2.67. The average Bonchev–Trinajstić information content (AvgIpc) is 3.42. The molecule has 0 aromatic rings. The number of hydrogen-bond acceptors (Lipinski definition) is 5. The van der Waals surface area contributed by atoms with Crippen molar-refractivity contribution in [1.29, 1.82) is 0 Å². The number of halogens is 3. The van der Waals surface area contributed by atoms with E-state index < -0.39 is 24.5 Å². The van der Waals surface area contributed by atoms with Gasteiger partial charge in [-0.25, -0.2) is 0 Å². The summed E-state index contributed by atoms with van der Waals surface area (Å²) in [6.07, 6.45) is 5.99. The quantitative estimate of drug-likeness (QED) is 0.0822. The number of allylic oxidation sites excluding steroid dienone is 1. The van der Waals surface area contributed by atoms with Gasteiger partial charge in [0.1, 0.15) is 0 Å². The monoisotopic (exact) mass is 792 g/mol. The van der Waals surface area contributed by atoms with E-state index in [0.29, 0.717) is 29.3 Å². The fourth-order valence-corrected chi connectivity index (χ4v) is 8.06. The molecule has 56 heavy (non-hydrogen) atoms. The molecule has 0 spiro atoms. The zero-order valence-corrected chi connectivity index (χ0v) is 37.8. The van der Waals surface area contributed by atoms with Gasteiger partial charge in [-0.3, -0.25) is 4.79 Å². The molecule has 1 amide bonds. The van der Waals surface area contributed by atoms with E-state index in [9.17, 15) is 18.0 Å². The van der Waals surface area contributed by atoms with Crippen molar-refractivity contribution in [3.63, 3.8) is 0 Å². The van der Waals surface area contributed by atoms with Crippen molar-refractivity contribution >= 4 is 5.91 Å². The predicted molar refractivity (Wildman–Crippen MR) is 236 cm³/mol. The Balaban J connectivity index is 0.00000116. The van der Waals surface area contributed by atoms with E-state index in [0.717, 1.165) is 31.1 Å². The fourth-order valence-electron chi connectivity index (χ4n) is 8.06. The van der Waals surface area contributed by atoms with Crippen LogP contribution in [0, 0.1) is 28.6 Å². The predicted octanol–water partition coefficient (Wildman–Crippen LogP) is 11.6. The minimum atomic E-state index is -4.23. The lowest BCUT2D eigenvalue weighted by Crippen LogP contribution is -2.50. The molecule has 3 rings (SSSR count). The van der Waals surface area contributed by atoms with Gasteiger partial charge in [0, 0.05) is 42.9 Å². The zero-order chi connectivity index (χ0) is 43.6. The molecule has 4 unspecified atom stereocenters. The molecule has 6 atom stereocenters. The molecule has 0 bridgehead atoms. The van der Waals surface area contributed by atoms with Gasteiger partial charge in [0.05, 0.1) is 17.9 Å². The summed E-state index contributed by atoms with van der Waals surface area (Å²) in [4.78, 5) is 14.0. The van der Waals surface area contributed by atoms with Crippen LogP contribution in [0.15, 0.2) is 73.8 Å². The molecule has 0 aromatic heterocycles. The lowest BCUT2D eigenvalue weighted by molar-refractivity contribution is -0.136. The normalized spacial score (nSPS) is 21.3. The first-order valence-electron chi connectivity index (χ1n) is 21.3. The van der Waals surface area contributed by atoms with E-state index in [1.165, 1.54) is 68.5 Å². The molecule has 4 N–H and O–H groups in total. The Morgan fingerprint density at radius 2 is 1.50 bits per heavy atom. The SMILES string of the molecule is C=C(C)CCC(NC(=C)NC(C(=C)N1C[C@H]2[C@@H](C1C(=C)C)C2(C)C)C1CCCCC1)C(C)(C)C.C=CCNC(=O)C(=C)C(CCC(F)(F)F)NC.CC.CCC. The molecule has 9 heteroatoms. The Hall–Kier alpha value is -2.94. The lowest BCUT2D eigenvalue weighted by Gasteiger charge is -2.42. The van der Waals surface area contributed by atoms with Gasteiger partial charge in [0.25, 0.3) is 0 Å². The number of carbonyl (C=O) groups excluding carboxylic acids is 1. The molecule has 3 aliphatic rings. The molecule has 1 heterocycles. The number of hydrogen-bond donors (Lipinski definition) is 4. The van der Waals surface area contributed by atoms with E-state index in [2.05, 4.69) is 121 Å². The first-order valence-corrected chi connectivity index (χ1v) is 21.3. The number of likely N-dealkylation sites (tertiary alicyclic amines) is 1. The van der Waals surface area contributed by atoms with E-state index in [1.807, 2.05) is 13.8 Å². The maximum absolute atomic E-state index is 12.0. The van der Waals surface area contributed by atoms with Crippen molar-refractivity contribution < 1.29 is 18.0 Å². The molecule has 1 saturated heterocycles. The van der Waals surface area contributed by atoms with Crippen LogP contribution < -0.4 is 21.3 Å². The Bertz CT molecular complexity index is 1270. The number of piperidine rings is 1. The second-order valence-corrected chi connectivity index (χ2v) is 17.7. The average molecular weight is 792 g/mol. The van der Waals surface area contributed by atoms with Gasteiger partial charge in [-0.2, -0.15) is 13.2 Å². The standard InChI is InChI=1S/C31H53N3.C11H17F3N2O.C3H8.C2H6/c1-20(2)17-18-26(30(7,8)9)32-23(6)33-28(24-15-13-12-14-16-24)22(5)34-19-25-27(31(25,10)11)29(34)21(3)4;1-4-7-16-10(17)8(2)9(15-3)5-6-11(12,13)14;1-3-2;1-2/h24-29,32-33H,1,3,5-6,12-19H2,2,4,7-11H3;4,9,15H,1-2,5-7H2,3H3,(H,16,17);3H2,1-2H3;1-2H3/t25-,26?,27-,28?,29?;;;/m0.../s1. The summed E-state index contributed by atoms with van der Waals surface area (Å²) in [5.41, 5.74) is 4.45. The Labute approximate surface area is 342 Å². The number of rotatable bonds is 18. The molecule has 324 valence electrons. The van der Waals surface area contributed by atoms with E-state index in [-0.39, 0.29) is 30.0 Å². The van der Waals surface area contributed by atoms with Crippen LogP contribution >= 0.6 is 0 Å². The fraction of sp³-hybridized carbons (Fsp3) is 0.723. The van der Waals surface area contributed by atoms with Gasteiger partial charge in [-0.05, 0) is 81.6 Å². The van der Waals surface area contributed by atoms with Crippen LogP contribution in [0.1, 0.15) is 140 Å². The van der Waals surface area contributed by atoms with Crippen molar-refractivity contribution in [2.24, 2.45) is 28.6 Å². The molecular formula is C47H84F3N5O. The highest BCUT2D eigenvalue weighted by Crippen LogP contribution is 2.66. The number of amides is 1. The molecular weight excluding hydrogens is 708 g/mol. The Kier molecular flexibility index (Phi) is 23.4. The van der Waals surface area contributed by atoms with Crippen LogP contribution in [0.5, 0.6) is 0 Å². The maximum atomic E-state index is 12.0. The van der Waals surface area contributed by atoms with Crippen LogP contribution in [0.3, 0.4) is 0 Å². The summed E-state index contributed by atoms with van der Waals surface area (Å²) in [5.74, 6) is 2.55. The lowest BCUT2D eigenvalue weighted by atomic mass is 9.81. The largest absolute Gasteiger partial charge is 0.389 e. The zero-order valence-electron chi connectivity index (χ0n) is 37.8. The van der Waals surface area contributed by atoms with Crippen molar-refractivity contribution in [1.82, 2.24) is 26.2 Å². The molecule has 3 fully saturated rings. The van der Waals surface area contributed by atoms with Crippen molar-refractivity contribution in [3.8, 4) is 0 Å². The minimum absolute atomic E-state index is 0.0959. The summed E-state index contributed by atoms with van der Waals surface area (Å²) in [6.45, 7) is 50.4. The van der Waals surface area contributed by atoms with Crippen LogP contribution in [0.2, 0.25) is 0 Å². The Morgan fingerprint density at radius 1 is 0.946 bits per heavy atom. The number of nitrogens with zero attached hydrogens (tertiary/aromatic N) is 1. The molecule has 0 radical (unpaired) electrons. The van der Waals surface area contributed by atoms with Gasteiger partial charge >= 0.3 is 6.18 Å². The maximum Gasteiger partial charge on any atom is 0.389 e. The molecule has 0 aromatic carbocycles. The minimum Gasteiger partial charge on any atom is -0.369 e. The number of alkyl halides is 3. The Morgan fingerprint density at radius 3 is 1.95 bits per heavy atom. The third kappa shape index (κ3) is 17.3. The van der Waals surface area contributed by atoms with E-state index in [1.54, 1.807) is 0 Å².